The van der Waals surface area contributed by atoms with Crippen LogP contribution >= 0.6 is 0 Å². The fourth-order valence-electron chi connectivity index (χ4n) is 7.79. The summed E-state index contributed by atoms with van der Waals surface area (Å²) < 4.78 is 51.6. The first-order valence-corrected chi connectivity index (χ1v) is 15.3. The van der Waals surface area contributed by atoms with Gasteiger partial charge < -0.3 is 24.7 Å². The van der Waals surface area contributed by atoms with Crippen LogP contribution in [0.15, 0.2) is 18.2 Å². The molecule has 4 heterocycles. The van der Waals surface area contributed by atoms with Crippen LogP contribution in [0.2, 0.25) is 0 Å². The number of fused-ring (bicyclic) bond motifs is 4. The number of H-pyrrole nitrogens is 1. The second-order valence-electron chi connectivity index (χ2n) is 12.6. The van der Waals surface area contributed by atoms with E-state index in [4.69, 9.17) is 9.47 Å². The molecule has 1 aliphatic carbocycles. The summed E-state index contributed by atoms with van der Waals surface area (Å²) in [4.78, 5) is 21.8. The maximum atomic E-state index is 13.5. The summed E-state index contributed by atoms with van der Waals surface area (Å²) in [5, 5.41) is 3.96. The molecule has 3 fully saturated rings. The third kappa shape index (κ3) is 6.03. The van der Waals surface area contributed by atoms with Crippen molar-refractivity contribution < 1.29 is 27.4 Å². The van der Waals surface area contributed by atoms with Crippen molar-refractivity contribution in [3.8, 4) is 0 Å². The first-order chi connectivity index (χ1) is 19.7. The third-order valence-electron chi connectivity index (χ3n) is 10.4. The second-order valence-corrected chi connectivity index (χ2v) is 12.6. The van der Waals surface area contributed by atoms with E-state index in [-0.39, 0.29) is 11.8 Å². The molecule has 3 saturated heterocycles. The smallest absolute Gasteiger partial charge is 0.381 e. The number of ether oxygens (including phenoxy) is 2. The highest BCUT2D eigenvalue weighted by Gasteiger charge is 2.43. The molecule has 6 rings (SSSR count). The van der Waals surface area contributed by atoms with Gasteiger partial charge in [-0.3, -0.25) is 9.69 Å². The molecule has 3 atom stereocenters. The summed E-state index contributed by atoms with van der Waals surface area (Å²) in [5.74, 6) is 1.23. The molecule has 4 aliphatic rings. The monoisotopic (exact) mass is 576 g/mol. The maximum Gasteiger partial charge on any atom is 0.416 e. The van der Waals surface area contributed by atoms with Crippen LogP contribution in [0.3, 0.4) is 0 Å². The molecule has 0 radical (unpaired) electrons. The number of nitrogens with one attached hydrogen (secondary N) is 2. The number of halogens is 3. The summed E-state index contributed by atoms with van der Waals surface area (Å²) in [7, 11) is 0. The van der Waals surface area contributed by atoms with Crippen molar-refractivity contribution in [1.82, 2.24) is 20.1 Å². The van der Waals surface area contributed by atoms with Gasteiger partial charge in [-0.15, -0.1) is 0 Å². The molecule has 1 amide bonds. The Hall–Kier alpha value is -2.14. The molecular weight excluding hydrogens is 533 g/mol. The molecule has 2 N–H and O–H groups in total. The highest BCUT2D eigenvalue weighted by atomic mass is 19.4. The summed E-state index contributed by atoms with van der Waals surface area (Å²) in [6, 6.07) is 4.09. The lowest BCUT2D eigenvalue weighted by Crippen LogP contribution is -2.50. The molecule has 41 heavy (non-hydrogen) atoms. The number of aromatic nitrogens is 1. The van der Waals surface area contributed by atoms with E-state index >= 15 is 0 Å². The van der Waals surface area contributed by atoms with E-state index in [2.05, 4.69) is 27.0 Å². The van der Waals surface area contributed by atoms with E-state index in [1.807, 2.05) is 0 Å². The van der Waals surface area contributed by atoms with E-state index in [1.54, 1.807) is 6.07 Å². The van der Waals surface area contributed by atoms with E-state index in [1.165, 1.54) is 12.1 Å². The lowest BCUT2D eigenvalue weighted by Gasteiger charge is -2.45. The number of hydrogen-bond acceptors (Lipinski definition) is 5. The number of carbonyl (C=O) groups is 1. The fourth-order valence-corrected chi connectivity index (χ4v) is 7.79. The van der Waals surface area contributed by atoms with Crippen LogP contribution in [0, 0.1) is 17.3 Å². The van der Waals surface area contributed by atoms with Crippen molar-refractivity contribution in [2.75, 3.05) is 72.2 Å². The Balaban J connectivity index is 1.10. The zero-order valence-corrected chi connectivity index (χ0v) is 24.0. The number of nitrogens with zero attached hydrogens (tertiary/aromatic N) is 2. The van der Waals surface area contributed by atoms with Gasteiger partial charge in [-0.25, -0.2) is 0 Å². The molecule has 3 aliphatic heterocycles. The van der Waals surface area contributed by atoms with Crippen molar-refractivity contribution >= 4 is 16.8 Å². The minimum Gasteiger partial charge on any atom is -0.381 e. The van der Waals surface area contributed by atoms with E-state index in [9.17, 15) is 18.0 Å². The largest absolute Gasteiger partial charge is 0.416 e. The van der Waals surface area contributed by atoms with Crippen LogP contribution in [-0.2, 0) is 26.9 Å². The van der Waals surface area contributed by atoms with Gasteiger partial charge in [0.1, 0.15) is 0 Å². The van der Waals surface area contributed by atoms with Gasteiger partial charge in [0.2, 0.25) is 5.91 Å². The predicted octanol–water partition coefficient (Wildman–Crippen LogP) is 4.42. The molecule has 1 aromatic carbocycles. The SMILES string of the molecule is C[C@H]1c2c([nH]c3ccc(C(F)(F)F)cc23)C[C@H]2CCN(CCC3(C(=O)NCCN4CCOCC4)CCOCC3)C[C@@H]21. The van der Waals surface area contributed by atoms with Crippen molar-refractivity contribution in [3.05, 3.63) is 35.0 Å². The zero-order valence-electron chi connectivity index (χ0n) is 24.0. The molecule has 226 valence electrons. The van der Waals surface area contributed by atoms with Crippen LogP contribution in [0.4, 0.5) is 13.2 Å². The van der Waals surface area contributed by atoms with Gasteiger partial charge in [0.25, 0.3) is 0 Å². The van der Waals surface area contributed by atoms with Crippen molar-refractivity contribution in [2.45, 2.75) is 51.1 Å². The predicted molar refractivity (Wildman–Crippen MR) is 151 cm³/mol. The Morgan fingerprint density at radius 3 is 2.59 bits per heavy atom. The van der Waals surface area contributed by atoms with E-state index in [0.29, 0.717) is 37.0 Å². The topological polar surface area (TPSA) is 69.8 Å². The Bertz CT molecular complexity index is 1220. The number of likely N-dealkylation sites (tertiary alicyclic amines) is 1. The number of aromatic amines is 1. The van der Waals surface area contributed by atoms with Gasteiger partial charge in [0, 0.05) is 62.5 Å². The average molecular weight is 577 g/mol. The number of morpholine rings is 1. The molecule has 0 unspecified atom stereocenters. The zero-order chi connectivity index (χ0) is 28.6. The van der Waals surface area contributed by atoms with Crippen molar-refractivity contribution in [1.29, 1.82) is 0 Å². The number of alkyl halides is 3. The summed E-state index contributed by atoms with van der Waals surface area (Å²) in [6.45, 7) is 11.0. The Labute approximate surface area is 240 Å². The van der Waals surface area contributed by atoms with Crippen molar-refractivity contribution in [2.24, 2.45) is 17.3 Å². The molecule has 0 bridgehead atoms. The summed E-state index contributed by atoms with van der Waals surface area (Å²) in [5.41, 5.74) is 1.98. The molecule has 7 nitrogen and oxygen atoms in total. The standard InChI is InChI=1S/C31H43F3N4O3/c1-21-25-20-38(9-4-22(25)18-27-28(21)24-19-23(31(32,33)34)2-3-26(24)36-27)10-5-30(6-14-40-15-7-30)29(39)35-8-11-37-12-16-41-17-13-37/h2-3,19,21-22,25,36H,4-18,20H2,1H3,(H,35,39)/t21-,22-,25-/m1/s1. The molecular formula is C31H43F3N4O3. The number of amides is 1. The number of benzene rings is 1. The normalized spacial score (nSPS) is 27.4. The highest BCUT2D eigenvalue weighted by molar-refractivity contribution is 5.86. The number of rotatable bonds is 7. The quantitative estimate of drug-likeness (QED) is 0.511. The van der Waals surface area contributed by atoms with E-state index < -0.39 is 17.2 Å². The first kappa shape index (κ1) is 29.0. The highest BCUT2D eigenvalue weighted by Crippen LogP contribution is 2.47. The summed E-state index contributed by atoms with van der Waals surface area (Å²) >= 11 is 0. The Kier molecular flexibility index (Phi) is 8.38. The van der Waals surface area contributed by atoms with Gasteiger partial charge in [-0.2, -0.15) is 13.2 Å². The molecule has 0 spiro atoms. The number of piperidine rings is 1. The molecule has 1 aromatic heterocycles. The number of carbonyl (C=O) groups excluding carboxylic acids is 1. The van der Waals surface area contributed by atoms with Crippen LogP contribution in [0.1, 0.15) is 55.3 Å². The Morgan fingerprint density at radius 2 is 1.83 bits per heavy atom. The second kappa shape index (κ2) is 11.9. The number of hydrogen-bond donors (Lipinski definition) is 2. The molecule has 2 aromatic rings. The first-order valence-electron chi connectivity index (χ1n) is 15.3. The average Bonchev–Trinajstić information content (AvgIpc) is 3.35. The lowest BCUT2D eigenvalue weighted by molar-refractivity contribution is -0.138. The maximum absolute atomic E-state index is 13.5. The van der Waals surface area contributed by atoms with Crippen LogP contribution in [-0.4, -0.2) is 92.9 Å². The van der Waals surface area contributed by atoms with Crippen LogP contribution < -0.4 is 5.32 Å². The van der Waals surface area contributed by atoms with Gasteiger partial charge in [0.05, 0.1) is 24.2 Å². The van der Waals surface area contributed by atoms with Gasteiger partial charge in [-0.05, 0) is 86.7 Å². The van der Waals surface area contributed by atoms with Crippen LogP contribution in [0.5, 0.6) is 0 Å². The third-order valence-corrected chi connectivity index (χ3v) is 10.4. The van der Waals surface area contributed by atoms with Gasteiger partial charge in [0.15, 0.2) is 0 Å². The molecule has 0 saturated carbocycles. The minimum absolute atomic E-state index is 0.152. The molecule has 10 heteroatoms. The van der Waals surface area contributed by atoms with Crippen LogP contribution in [0.25, 0.3) is 10.9 Å². The van der Waals surface area contributed by atoms with Gasteiger partial charge >= 0.3 is 6.18 Å². The van der Waals surface area contributed by atoms with Gasteiger partial charge in [-0.1, -0.05) is 6.92 Å². The lowest BCUT2D eigenvalue weighted by atomic mass is 9.68. The van der Waals surface area contributed by atoms with E-state index in [0.717, 1.165) is 101 Å². The fraction of sp³-hybridized carbons (Fsp3) is 0.710. The van der Waals surface area contributed by atoms with Crippen molar-refractivity contribution in [3.63, 3.8) is 0 Å². The summed E-state index contributed by atoms with van der Waals surface area (Å²) in [6.07, 6.45) is -0.103. The minimum atomic E-state index is -4.35. The Morgan fingerprint density at radius 1 is 1.07 bits per heavy atom.